The SMILES string of the molecule is ClC/C(Cl)=C(\Cl)c1ccccc1. The fourth-order valence-corrected chi connectivity index (χ4v) is 1.30. The van der Waals surface area contributed by atoms with Crippen LogP contribution in [0.25, 0.3) is 5.03 Å². The van der Waals surface area contributed by atoms with Crippen molar-refractivity contribution in [1.29, 1.82) is 0 Å². The minimum absolute atomic E-state index is 0.245. The van der Waals surface area contributed by atoms with Gasteiger partial charge in [-0.15, -0.1) is 11.6 Å². The molecule has 0 saturated carbocycles. The lowest BCUT2D eigenvalue weighted by Crippen LogP contribution is -1.80. The van der Waals surface area contributed by atoms with E-state index in [0.717, 1.165) is 5.56 Å². The van der Waals surface area contributed by atoms with E-state index in [4.69, 9.17) is 34.8 Å². The van der Waals surface area contributed by atoms with Gasteiger partial charge in [0.05, 0.1) is 15.9 Å². The Morgan fingerprint density at radius 1 is 1.08 bits per heavy atom. The minimum Gasteiger partial charge on any atom is -0.121 e. The normalized spacial score (nSPS) is 12.6. The Balaban J connectivity index is 3.00. The predicted octanol–water partition coefficient (Wildman–Crippen LogP) is 4.07. The summed E-state index contributed by atoms with van der Waals surface area (Å²) in [5, 5.41) is 0.997. The number of halogens is 3. The van der Waals surface area contributed by atoms with Crippen LogP contribution in [0.1, 0.15) is 5.56 Å². The summed E-state index contributed by atoms with van der Waals surface area (Å²) in [6.45, 7) is 0. The van der Waals surface area contributed by atoms with Crippen molar-refractivity contribution >= 4 is 39.8 Å². The highest BCUT2D eigenvalue weighted by Gasteiger charge is 2.02. The molecule has 64 valence electrons. The van der Waals surface area contributed by atoms with Crippen molar-refractivity contribution in [2.75, 3.05) is 5.88 Å². The van der Waals surface area contributed by atoms with E-state index in [-0.39, 0.29) is 5.88 Å². The maximum Gasteiger partial charge on any atom is 0.0635 e. The van der Waals surface area contributed by atoms with E-state index in [0.29, 0.717) is 10.1 Å². The van der Waals surface area contributed by atoms with Gasteiger partial charge in [-0.05, 0) is 5.56 Å². The Kier molecular flexibility index (Phi) is 3.93. The largest absolute Gasteiger partial charge is 0.121 e. The van der Waals surface area contributed by atoms with Crippen molar-refractivity contribution in [2.24, 2.45) is 0 Å². The van der Waals surface area contributed by atoms with Crippen molar-refractivity contribution in [3.8, 4) is 0 Å². The summed E-state index contributed by atoms with van der Waals surface area (Å²) >= 11 is 17.2. The lowest BCUT2D eigenvalue weighted by atomic mass is 10.2. The van der Waals surface area contributed by atoms with Crippen molar-refractivity contribution in [3.63, 3.8) is 0 Å². The van der Waals surface area contributed by atoms with Gasteiger partial charge in [-0.3, -0.25) is 0 Å². The van der Waals surface area contributed by atoms with Gasteiger partial charge in [-0.25, -0.2) is 0 Å². The van der Waals surface area contributed by atoms with Crippen LogP contribution in [0, 0.1) is 0 Å². The number of hydrogen-bond donors (Lipinski definition) is 0. The fraction of sp³-hybridized carbons (Fsp3) is 0.111. The third-order valence-corrected chi connectivity index (χ3v) is 2.65. The third-order valence-electron chi connectivity index (χ3n) is 1.38. The number of allylic oxidation sites excluding steroid dienone is 1. The molecule has 0 bridgehead atoms. The van der Waals surface area contributed by atoms with E-state index in [1.54, 1.807) is 0 Å². The highest BCUT2D eigenvalue weighted by molar-refractivity contribution is 6.55. The molecule has 1 aromatic rings. The monoisotopic (exact) mass is 220 g/mol. The minimum atomic E-state index is 0.245. The van der Waals surface area contributed by atoms with Gasteiger partial charge >= 0.3 is 0 Å². The number of rotatable bonds is 2. The fourth-order valence-electron chi connectivity index (χ4n) is 0.800. The summed E-state index contributed by atoms with van der Waals surface area (Å²) in [6.07, 6.45) is 0. The molecule has 0 unspecified atom stereocenters. The van der Waals surface area contributed by atoms with E-state index in [2.05, 4.69) is 0 Å². The average molecular weight is 222 g/mol. The lowest BCUT2D eigenvalue weighted by Gasteiger charge is -1.99. The average Bonchev–Trinajstić information content (AvgIpc) is 2.17. The van der Waals surface area contributed by atoms with Gasteiger partial charge in [0.1, 0.15) is 0 Å². The summed E-state index contributed by atoms with van der Waals surface area (Å²) in [5.74, 6) is 0.245. The second-order valence-corrected chi connectivity index (χ2v) is 3.32. The van der Waals surface area contributed by atoms with Gasteiger partial charge in [-0.2, -0.15) is 0 Å². The van der Waals surface area contributed by atoms with Gasteiger partial charge in [0, 0.05) is 0 Å². The summed E-state index contributed by atoms with van der Waals surface area (Å²) in [5.41, 5.74) is 0.893. The Morgan fingerprint density at radius 3 is 2.17 bits per heavy atom. The molecule has 0 spiro atoms. The zero-order chi connectivity index (χ0) is 8.97. The first-order valence-electron chi connectivity index (χ1n) is 3.41. The molecular weight excluding hydrogens is 214 g/mol. The molecule has 1 rings (SSSR count). The lowest BCUT2D eigenvalue weighted by molar-refractivity contribution is 1.61. The van der Waals surface area contributed by atoms with Crippen LogP contribution in [-0.4, -0.2) is 5.88 Å². The Labute approximate surface area is 86.7 Å². The Hall–Kier alpha value is -0.170. The zero-order valence-corrected chi connectivity index (χ0v) is 8.50. The molecular formula is C9H7Cl3. The molecule has 12 heavy (non-hydrogen) atoms. The molecule has 0 N–H and O–H groups in total. The summed E-state index contributed by atoms with van der Waals surface area (Å²) in [6, 6.07) is 9.49. The molecule has 0 saturated heterocycles. The van der Waals surface area contributed by atoms with E-state index >= 15 is 0 Å². The van der Waals surface area contributed by atoms with Crippen LogP contribution in [0.3, 0.4) is 0 Å². The maximum absolute atomic E-state index is 5.92. The van der Waals surface area contributed by atoms with Gasteiger partial charge in [0.15, 0.2) is 0 Å². The Morgan fingerprint density at radius 2 is 1.67 bits per heavy atom. The molecule has 0 radical (unpaired) electrons. The molecule has 1 aromatic carbocycles. The second-order valence-electron chi connectivity index (χ2n) is 2.22. The zero-order valence-electron chi connectivity index (χ0n) is 6.23. The highest BCUT2D eigenvalue weighted by Crippen LogP contribution is 2.25. The first-order valence-corrected chi connectivity index (χ1v) is 4.70. The molecule has 0 aliphatic carbocycles. The molecule has 0 amide bonds. The van der Waals surface area contributed by atoms with E-state index in [1.807, 2.05) is 30.3 Å². The van der Waals surface area contributed by atoms with Crippen LogP contribution in [0.2, 0.25) is 0 Å². The molecule has 3 heteroatoms. The van der Waals surface area contributed by atoms with Crippen molar-refractivity contribution in [1.82, 2.24) is 0 Å². The molecule has 0 atom stereocenters. The molecule has 0 aliphatic rings. The van der Waals surface area contributed by atoms with Gasteiger partial charge < -0.3 is 0 Å². The topological polar surface area (TPSA) is 0 Å². The standard InChI is InChI=1S/C9H7Cl3/c10-6-8(11)9(12)7-4-2-1-3-5-7/h1-5H,6H2/b9-8+. The molecule has 0 fully saturated rings. The number of alkyl halides is 1. The summed E-state index contributed by atoms with van der Waals surface area (Å²) in [4.78, 5) is 0. The Bertz CT molecular complexity index is 277. The van der Waals surface area contributed by atoms with E-state index < -0.39 is 0 Å². The number of hydrogen-bond acceptors (Lipinski definition) is 0. The van der Waals surface area contributed by atoms with Crippen molar-refractivity contribution in [2.45, 2.75) is 0 Å². The second kappa shape index (κ2) is 4.76. The maximum atomic E-state index is 5.92. The van der Waals surface area contributed by atoms with Crippen LogP contribution in [-0.2, 0) is 0 Å². The van der Waals surface area contributed by atoms with Crippen molar-refractivity contribution < 1.29 is 0 Å². The summed E-state index contributed by atoms with van der Waals surface area (Å²) in [7, 11) is 0. The molecule has 0 nitrogen and oxygen atoms in total. The van der Waals surface area contributed by atoms with Crippen LogP contribution >= 0.6 is 34.8 Å². The first kappa shape index (κ1) is 9.91. The van der Waals surface area contributed by atoms with Gasteiger partial charge in [-0.1, -0.05) is 53.5 Å². The van der Waals surface area contributed by atoms with Crippen LogP contribution < -0.4 is 0 Å². The van der Waals surface area contributed by atoms with Gasteiger partial charge in [0.25, 0.3) is 0 Å². The molecule has 0 aliphatic heterocycles. The third kappa shape index (κ3) is 2.41. The van der Waals surface area contributed by atoms with Crippen LogP contribution in [0.15, 0.2) is 35.4 Å². The predicted molar refractivity (Wildman–Crippen MR) is 55.8 cm³/mol. The van der Waals surface area contributed by atoms with E-state index in [9.17, 15) is 0 Å². The number of benzene rings is 1. The van der Waals surface area contributed by atoms with E-state index in [1.165, 1.54) is 0 Å². The van der Waals surface area contributed by atoms with Crippen molar-refractivity contribution in [3.05, 3.63) is 40.9 Å². The van der Waals surface area contributed by atoms with Gasteiger partial charge in [0.2, 0.25) is 0 Å². The van der Waals surface area contributed by atoms with Crippen LogP contribution in [0.5, 0.6) is 0 Å². The quantitative estimate of drug-likeness (QED) is 0.661. The van der Waals surface area contributed by atoms with Crippen LogP contribution in [0.4, 0.5) is 0 Å². The molecule has 0 aromatic heterocycles. The molecule has 0 heterocycles. The first-order chi connectivity index (χ1) is 5.75. The highest BCUT2D eigenvalue weighted by atomic mass is 35.5. The smallest absolute Gasteiger partial charge is 0.0635 e. The summed E-state index contributed by atoms with van der Waals surface area (Å²) < 4.78 is 0.